The van der Waals surface area contributed by atoms with Crippen LogP contribution in [0.2, 0.25) is 10.0 Å². The third kappa shape index (κ3) is 5.28. The minimum atomic E-state index is -0.201. The van der Waals surface area contributed by atoms with E-state index < -0.39 is 0 Å². The lowest BCUT2D eigenvalue weighted by Gasteiger charge is -2.20. The zero-order valence-corrected chi connectivity index (χ0v) is 18.9. The van der Waals surface area contributed by atoms with Crippen molar-refractivity contribution in [1.29, 1.82) is 0 Å². The highest BCUT2D eigenvalue weighted by Gasteiger charge is 2.56. The van der Waals surface area contributed by atoms with Crippen LogP contribution in [0.4, 0.5) is 0 Å². The summed E-state index contributed by atoms with van der Waals surface area (Å²) in [6.07, 6.45) is 8.08. The number of hydrogen-bond donors (Lipinski definition) is 1. The van der Waals surface area contributed by atoms with Crippen molar-refractivity contribution in [3.8, 4) is 0 Å². The molecule has 1 saturated carbocycles. The highest BCUT2D eigenvalue weighted by molar-refractivity contribution is 6.31. The first-order valence-corrected chi connectivity index (χ1v) is 11.5. The number of rotatable bonds is 9. The summed E-state index contributed by atoms with van der Waals surface area (Å²) in [6.45, 7) is 0.702. The number of aromatic nitrogens is 1. The van der Waals surface area contributed by atoms with Gasteiger partial charge in [0.2, 0.25) is 5.91 Å². The van der Waals surface area contributed by atoms with Crippen molar-refractivity contribution >= 4 is 29.1 Å². The molecule has 1 atom stereocenters. The molecule has 0 radical (unpaired) electrons. The molecule has 0 saturated heterocycles. The van der Waals surface area contributed by atoms with Gasteiger partial charge >= 0.3 is 0 Å². The number of hydrogen-bond acceptors (Lipinski definition) is 2. The molecule has 1 aromatic heterocycles. The first-order valence-electron chi connectivity index (χ1n) is 10.8. The molecule has 2 aromatic carbocycles. The monoisotopic (exact) mass is 452 g/mol. The summed E-state index contributed by atoms with van der Waals surface area (Å²) in [5.41, 5.74) is 3.33. The Bertz CT molecular complexity index is 993. The van der Waals surface area contributed by atoms with Gasteiger partial charge in [-0.05, 0) is 78.6 Å². The van der Waals surface area contributed by atoms with Crippen LogP contribution in [0.5, 0.6) is 0 Å². The lowest BCUT2D eigenvalue weighted by atomic mass is 9.85. The summed E-state index contributed by atoms with van der Waals surface area (Å²) in [5.74, 6) is 0.345. The Labute approximate surface area is 193 Å². The SMILES string of the molecule is O=C(C[C@@H]1CC1(c1cccc(Cl)c1)c1cccc(Cl)c1)NCCCCc1cccnc1. The van der Waals surface area contributed by atoms with Crippen LogP contribution in [-0.2, 0) is 16.6 Å². The standard InChI is InChI=1S/C26H26Cl2N2O/c27-23-10-3-8-20(14-23)26(21-9-4-11-24(28)15-21)17-22(26)16-25(31)30-13-2-1-6-19-7-5-12-29-18-19/h3-5,7-12,14-15,18,22H,1-2,6,13,16-17H2,(H,30,31)/t22-/m1/s1. The number of amides is 1. The molecular weight excluding hydrogens is 427 g/mol. The number of aryl methyl sites for hydroxylation is 1. The van der Waals surface area contributed by atoms with Crippen molar-refractivity contribution in [1.82, 2.24) is 10.3 Å². The number of carbonyl (C=O) groups is 1. The summed E-state index contributed by atoms with van der Waals surface area (Å²) in [7, 11) is 0. The Hall–Kier alpha value is -2.36. The smallest absolute Gasteiger partial charge is 0.220 e. The van der Waals surface area contributed by atoms with E-state index in [1.54, 1.807) is 6.20 Å². The topological polar surface area (TPSA) is 42.0 Å². The summed E-state index contributed by atoms with van der Waals surface area (Å²) >= 11 is 12.6. The Kier molecular flexibility index (Phi) is 6.94. The van der Waals surface area contributed by atoms with Crippen molar-refractivity contribution in [2.45, 2.75) is 37.5 Å². The number of halogens is 2. The van der Waals surface area contributed by atoms with Crippen LogP contribution in [0.15, 0.2) is 73.1 Å². The predicted octanol–water partition coefficient (Wildman–Crippen LogP) is 6.22. The highest BCUT2D eigenvalue weighted by atomic mass is 35.5. The average molecular weight is 453 g/mol. The Morgan fingerprint density at radius 2 is 1.71 bits per heavy atom. The fourth-order valence-corrected chi connectivity index (χ4v) is 4.89. The van der Waals surface area contributed by atoms with Crippen molar-refractivity contribution in [3.63, 3.8) is 0 Å². The van der Waals surface area contributed by atoms with Crippen LogP contribution in [0.1, 0.15) is 42.4 Å². The fourth-order valence-electron chi connectivity index (χ4n) is 4.51. The van der Waals surface area contributed by atoms with E-state index in [0.29, 0.717) is 23.0 Å². The van der Waals surface area contributed by atoms with Gasteiger partial charge in [0.1, 0.15) is 0 Å². The largest absolute Gasteiger partial charge is 0.356 e. The molecule has 5 heteroatoms. The van der Waals surface area contributed by atoms with Gasteiger partial charge in [0.05, 0.1) is 0 Å². The van der Waals surface area contributed by atoms with Crippen LogP contribution in [0.3, 0.4) is 0 Å². The molecule has 1 aliphatic rings. The Balaban J connectivity index is 1.35. The quantitative estimate of drug-likeness (QED) is 0.391. The number of nitrogens with one attached hydrogen (secondary N) is 1. The minimum Gasteiger partial charge on any atom is -0.356 e. The molecule has 0 aliphatic heterocycles. The minimum absolute atomic E-state index is 0.109. The molecule has 4 rings (SSSR count). The summed E-state index contributed by atoms with van der Waals surface area (Å²) in [6, 6.07) is 20.0. The maximum absolute atomic E-state index is 12.6. The van der Waals surface area contributed by atoms with Gasteiger partial charge in [-0.2, -0.15) is 0 Å². The normalized spacial score (nSPS) is 16.6. The first-order chi connectivity index (χ1) is 15.1. The number of pyridine rings is 1. The van der Waals surface area contributed by atoms with E-state index in [2.05, 4.69) is 28.5 Å². The molecule has 3 aromatic rings. The van der Waals surface area contributed by atoms with Crippen LogP contribution in [-0.4, -0.2) is 17.4 Å². The molecule has 31 heavy (non-hydrogen) atoms. The second kappa shape index (κ2) is 9.84. The number of unbranched alkanes of at least 4 members (excludes halogenated alkanes) is 1. The van der Waals surface area contributed by atoms with E-state index in [1.807, 2.05) is 48.7 Å². The molecule has 0 unspecified atom stereocenters. The van der Waals surface area contributed by atoms with Gasteiger partial charge < -0.3 is 5.32 Å². The Morgan fingerprint density at radius 3 is 2.32 bits per heavy atom. The third-order valence-electron chi connectivity index (χ3n) is 6.15. The van der Waals surface area contributed by atoms with Crippen LogP contribution < -0.4 is 5.32 Å². The molecule has 3 nitrogen and oxygen atoms in total. The van der Waals surface area contributed by atoms with E-state index in [1.165, 1.54) is 5.56 Å². The first kappa shape index (κ1) is 21.9. The summed E-state index contributed by atoms with van der Waals surface area (Å²) in [5, 5.41) is 4.52. The zero-order valence-electron chi connectivity index (χ0n) is 17.4. The molecular formula is C26H26Cl2N2O. The van der Waals surface area contributed by atoms with Crippen LogP contribution in [0.25, 0.3) is 0 Å². The third-order valence-corrected chi connectivity index (χ3v) is 6.62. The van der Waals surface area contributed by atoms with Gasteiger partial charge in [-0.3, -0.25) is 9.78 Å². The molecule has 1 heterocycles. The summed E-state index contributed by atoms with van der Waals surface area (Å²) in [4.78, 5) is 16.8. The predicted molar refractivity (Wildman–Crippen MR) is 127 cm³/mol. The second-order valence-electron chi connectivity index (χ2n) is 8.27. The van der Waals surface area contributed by atoms with Gasteiger partial charge in [-0.15, -0.1) is 0 Å². The van der Waals surface area contributed by atoms with Gasteiger partial charge in [0.25, 0.3) is 0 Å². The van der Waals surface area contributed by atoms with Crippen molar-refractivity contribution in [2.24, 2.45) is 5.92 Å². The van der Waals surface area contributed by atoms with E-state index in [0.717, 1.165) is 36.8 Å². The molecule has 1 aliphatic carbocycles. The number of nitrogens with zero attached hydrogens (tertiary/aromatic N) is 1. The lowest BCUT2D eigenvalue weighted by Crippen LogP contribution is -2.26. The molecule has 0 spiro atoms. The van der Waals surface area contributed by atoms with Crippen molar-refractivity contribution < 1.29 is 4.79 Å². The van der Waals surface area contributed by atoms with Gasteiger partial charge in [-0.1, -0.05) is 53.5 Å². The maximum atomic E-state index is 12.6. The molecule has 1 fully saturated rings. The van der Waals surface area contributed by atoms with Crippen LogP contribution in [0, 0.1) is 5.92 Å². The Morgan fingerprint density at radius 1 is 1.00 bits per heavy atom. The number of benzene rings is 2. The zero-order chi connectivity index (χ0) is 21.7. The van der Waals surface area contributed by atoms with Gasteiger partial charge in [0.15, 0.2) is 0 Å². The highest BCUT2D eigenvalue weighted by Crippen LogP contribution is 2.60. The van der Waals surface area contributed by atoms with E-state index in [9.17, 15) is 4.79 Å². The lowest BCUT2D eigenvalue weighted by molar-refractivity contribution is -0.121. The van der Waals surface area contributed by atoms with E-state index in [4.69, 9.17) is 23.2 Å². The van der Waals surface area contributed by atoms with Crippen LogP contribution >= 0.6 is 23.2 Å². The molecule has 160 valence electrons. The van der Waals surface area contributed by atoms with Crippen molar-refractivity contribution in [2.75, 3.05) is 6.54 Å². The van der Waals surface area contributed by atoms with E-state index in [-0.39, 0.29) is 17.2 Å². The van der Waals surface area contributed by atoms with Gasteiger partial charge in [-0.25, -0.2) is 0 Å². The number of carbonyl (C=O) groups excluding carboxylic acids is 1. The molecule has 0 bridgehead atoms. The van der Waals surface area contributed by atoms with E-state index >= 15 is 0 Å². The average Bonchev–Trinajstić information content (AvgIpc) is 3.49. The van der Waals surface area contributed by atoms with Crippen molar-refractivity contribution in [3.05, 3.63) is 99.8 Å². The molecule has 1 amide bonds. The fraction of sp³-hybridized carbons (Fsp3) is 0.308. The summed E-state index contributed by atoms with van der Waals surface area (Å²) < 4.78 is 0. The maximum Gasteiger partial charge on any atom is 0.220 e. The second-order valence-corrected chi connectivity index (χ2v) is 9.14. The van der Waals surface area contributed by atoms with Gasteiger partial charge in [0, 0.05) is 40.8 Å². The molecule has 1 N–H and O–H groups in total.